The Labute approximate surface area is 196 Å². The Bertz CT molecular complexity index is 1240. The molecule has 178 valence electrons. The number of sulfonamides is 1. The summed E-state index contributed by atoms with van der Waals surface area (Å²) in [5.74, 6) is 0.810. The van der Waals surface area contributed by atoms with Gasteiger partial charge < -0.3 is 9.47 Å². The molecule has 0 bridgehead atoms. The summed E-state index contributed by atoms with van der Waals surface area (Å²) in [6.07, 6.45) is 1.70. The number of aryl methyl sites for hydroxylation is 2. The average molecular weight is 471 g/mol. The first kappa shape index (κ1) is 24.9. The van der Waals surface area contributed by atoms with Crippen LogP contribution < -0.4 is 5.14 Å². The molecule has 2 aromatic carbocycles. The number of rotatable bonds is 8. The lowest BCUT2D eigenvalue weighted by molar-refractivity contribution is -0.130. The minimum atomic E-state index is -3.80. The number of primary sulfonamides is 1. The van der Waals surface area contributed by atoms with Gasteiger partial charge in [0.05, 0.1) is 15.9 Å². The highest BCUT2D eigenvalue weighted by Gasteiger charge is 2.17. The van der Waals surface area contributed by atoms with E-state index in [2.05, 4.69) is 61.5 Å². The Hall–Kier alpha value is -2.71. The van der Waals surface area contributed by atoms with Crippen molar-refractivity contribution in [3.05, 3.63) is 59.4 Å². The van der Waals surface area contributed by atoms with E-state index in [-0.39, 0.29) is 16.2 Å². The van der Waals surface area contributed by atoms with Crippen LogP contribution in [-0.4, -0.2) is 35.8 Å². The van der Waals surface area contributed by atoms with E-state index in [1.807, 2.05) is 7.05 Å². The van der Waals surface area contributed by atoms with Crippen molar-refractivity contribution in [3.8, 4) is 0 Å². The summed E-state index contributed by atoms with van der Waals surface area (Å²) in [7, 11) is -1.99. The molecule has 33 heavy (non-hydrogen) atoms. The van der Waals surface area contributed by atoms with E-state index in [9.17, 15) is 13.2 Å². The Morgan fingerprint density at radius 1 is 1.12 bits per heavy atom. The van der Waals surface area contributed by atoms with Gasteiger partial charge in [0.15, 0.2) is 0 Å². The van der Waals surface area contributed by atoms with Gasteiger partial charge in [-0.2, -0.15) is 0 Å². The number of nitrogens with two attached hydrogens (primary N) is 1. The van der Waals surface area contributed by atoms with Crippen molar-refractivity contribution in [2.24, 2.45) is 5.14 Å². The van der Waals surface area contributed by atoms with Gasteiger partial charge in [-0.15, -0.1) is 0 Å². The Morgan fingerprint density at radius 3 is 2.36 bits per heavy atom. The molecule has 3 aromatic rings. The molecule has 0 aliphatic carbocycles. The fraction of sp³-hybridized carbons (Fsp3) is 0.440. The zero-order chi connectivity index (χ0) is 24.4. The van der Waals surface area contributed by atoms with Crippen molar-refractivity contribution in [2.45, 2.75) is 70.4 Å². The summed E-state index contributed by atoms with van der Waals surface area (Å²) in [6, 6.07) is 13.1. The average Bonchev–Trinajstić information content (AvgIpc) is 3.08. The minimum absolute atomic E-state index is 0.0372. The lowest BCUT2D eigenvalue weighted by Gasteiger charge is -2.21. The Morgan fingerprint density at radius 2 is 1.79 bits per heavy atom. The highest BCUT2D eigenvalue weighted by atomic mass is 32.2. The molecule has 0 spiro atoms. The summed E-state index contributed by atoms with van der Waals surface area (Å²) in [5, 5.41) is 5.26. The maximum atomic E-state index is 12.8. The van der Waals surface area contributed by atoms with Gasteiger partial charge in [-0.1, -0.05) is 52.0 Å². The van der Waals surface area contributed by atoms with Crippen LogP contribution in [0.2, 0.25) is 0 Å². The Balaban J connectivity index is 1.71. The number of nitrogens with zero attached hydrogens (tertiary/aromatic N) is 3. The minimum Gasteiger partial charge on any atom is -0.341 e. The van der Waals surface area contributed by atoms with Gasteiger partial charge in [0.25, 0.3) is 0 Å². The standard InChI is InChI=1S/C25H34N4O3S/c1-6-15-29-22-12-11-20(33(26,31)32)16-21(22)27-23(29)13-14-24(30)28(5)17-18-7-9-19(10-8-18)25(2,3)4/h7-12,16H,6,13-15,17H2,1-5H3,(H2,26,31,32). The third kappa shape index (κ3) is 6.00. The van der Waals surface area contributed by atoms with Crippen LogP contribution in [0.15, 0.2) is 47.4 Å². The molecule has 0 atom stereocenters. The van der Waals surface area contributed by atoms with Crippen molar-refractivity contribution in [1.82, 2.24) is 14.5 Å². The first-order valence-electron chi connectivity index (χ1n) is 11.3. The molecule has 7 nitrogen and oxygen atoms in total. The van der Waals surface area contributed by atoms with Crippen LogP contribution in [-0.2, 0) is 39.7 Å². The smallest absolute Gasteiger partial charge is 0.238 e. The van der Waals surface area contributed by atoms with Crippen molar-refractivity contribution in [3.63, 3.8) is 0 Å². The molecule has 0 radical (unpaired) electrons. The fourth-order valence-electron chi connectivity index (χ4n) is 3.88. The zero-order valence-electron chi connectivity index (χ0n) is 20.1. The third-order valence-corrected chi connectivity index (χ3v) is 6.71. The van der Waals surface area contributed by atoms with Gasteiger partial charge >= 0.3 is 0 Å². The van der Waals surface area contributed by atoms with E-state index in [4.69, 9.17) is 5.14 Å². The molecule has 0 fully saturated rings. The molecule has 3 rings (SSSR count). The van der Waals surface area contributed by atoms with Crippen LogP contribution in [0.25, 0.3) is 11.0 Å². The number of benzene rings is 2. The van der Waals surface area contributed by atoms with Gasteiger partial charge in [0.2, 0.25) is 15.9 Å². The second-order valence-electron chi connectivity index (χ2n) is 9.57. The van der Waals surface area contributed by atoms with E-state index in [1.54, 1.807) is 11.0 Å². The summed E-state index contributed by atoms with van der Waals surface area (Å²) in [6.45, 7) is 9.90. The summed E-state index contributed by atoms with van der Waals surface area (Å²) < 4.78 is 25.4. The highest BCUT2D eigenvalue weighted by molar-refractivity contribution is 7.89. The van der Waals surface area contributed by atoms with Crippen LogP contribution >= 0.6 is 0 Å². The van der Waals surface area contributed by atoms with Crippen LogP contribution in [0.1, 0.15) is 57.5 Å². The molecule has 8 heteroatoms. The number of aromatic nitrogens is 2. The maximum Gasteiger partial charge on any atom is 0.238 e. The van der Waals surface area contributed by atoms with Gasteiger partial charge in [-0.3, -0.25) is 4.79 Å². The van der Waals surface area contributed by atoms with Crippen molar-refractivity contribution < 1.29 is 13.2 Å². The molecular formula is C25H34N4O3S. The predicted molar refractivity (Wildman–Crippen MR) is 131 cm³/mol. The summed E-state index contributed by atoms with van der Waals surface area (Å²) in [5.41, 5.74) is 3.87. The molecule has 1 amide bonds. The molecule has 2 N–H and O–H groups in total. The number of imidazole rings is 1. The highest BCUT2D eigenvalue weighted by Crippen LogP contribution is 2.23. The van der Waals surface area contributed by atoms with E-state index in [0.717, 1.165) is 29.9 Å². The predicted octanol–water partition coefficient (Wildman–Crippen LogP) is 3.98. The van der Waals surface area contributed by atoms with Crippen molar-refractivity contribution in [1.29, 1.82) is 0 Å². The second kappa shape index (κ2) is 9.65. The van der Waals surface area contributed by atoms with Crippen LogP contribution in [0.3, 0.4) is 0 Å². The number of carbonyl (C=O) groups is 1. The third-order valence-electron chi connectivity index (χ3n) is 5.80. The molecule has 0 unspecified atom stereocenters. The van der Waals surface area contributed by atoms with E-state index in [0.29, 0.717) is 24.9 Å². The van der Waals surface area contributed by atoms with Gasteiger partial charge in [-0.05, 0) is 41.2 Å². The lowest BCUT2D eigenvalue weighted by Crippen LogP contribution is -2.26. The van der Waals surface area contributed by atoms with Crippen molar-refractivity contribution in [2.75, 3.05) is 7.05 Å². The number of amides is 1. The SMILES string of the molecule is CCCn1c(CCC(=O)N(C)Cc2ccc(C(C)(C)C)cc2)nc2cc(S(N)(=O)=O)ccc21. The molecule has 0 aliphatic rings. The Kier molecular flexibility index (Phi) is 7.29. The molecular weight excluding hydrogens is 436 g/mol. The van der Waals surface area contributed by atoms with Gasteiger partial charge in [-0.25, -0.2) is 18.5 Å². The summed E-state index contributed by atoms with van der Waals surface area (Å²) >= 11 is 0. The van der Waals surface area contributed by atoms with E-state index < -0.39 is 10.0 Å². The number of fused-ring (bicyclic) bond motifs is 1. The number of carbonyl (C=O) groups excluding carboxylic acids is 1. The van der Waals surface area contributed by atoms with Crippen LogP contribution in [0.4, 0.5) is 0 Å². The second-order valence-corrected chi connectivity index (χ2v) is 11.1. The molecule has 0 saturated carbocycles. The van der Waals surface area contributed by atoms with Gasteiger partial charge in [0, 0.05) is 33.0 Å². The normalized spacial score (nSPS) is 12.3. The van der Waals surface area contributed by atoms with Crippen molar-refractivity contribution >= 4 is 27.0 Å². The molecule has 0 aliphatic heterocycles. The van der Waals surface area contributed by atoms with E-state index in [1.165, 1.54) is 17.7 Å². The first-order valence-corrected chi connectivity index (χ1v) is 12.8. The molecule has 0 saturated heterocycles. The lowest BCUT2D eigenvalue weighted by atomic mass is 9.87. The first-order chi connectivity index (χ1) is 15.4. The topological polar surface area (TPSA) is 98.3 Å². The summed E-state index contributed by atoms with van der Waals surface area (Å²) in [4.78, 5) is 19.2. The molecule has 1 heterocycles. The monoisotopic (exact) mass is 470 g/mol. The van der Waals surface area contributed by atoms with Crippen LogP contribution in [0, 0.1) is 0 Å². The van der Waals surface area contributed by atoms with Crippen LogP contribution in [0.5, 0.6) is 0 Å². The number of hydrogen-bond acceptors (Lipinski definition) is 4. The van der Waals surface area contributed by atoms with E-state index >= 15 is 0 Å². The fourth-order valence-corrected chi connectivity index (χ4v) is 4.42. The number of hydrogen-bond donors (Lipinski definition) is 1. The largest absolute Gasteiger partial charge is 0.341 e. The maximum absolute atomic E-state index is 12.8. The zero-order valence-corrected chi connectivity index (χ0v) is 20.9. The van der Waals surface area contributed by atoms with Gasteiger partial charge in [0.1, 0.15) is 5.82 Å². The molecule has 1 aromatic heterocycles. The quantitative estimate of drug-likeness (QED) is 0.538.